The van der Waals surface area contributed by atoms with Crippen LogP contribution in [0.5, 0.6) is 5.75 Å². The Morgan fingerprint density at radius 1 is 1.55 bits per heavy atom. The normalized spacial score (nSPS) is 15.4. The molecular formula is C13H14BrN3O3. The number of halogens is 1. The smallest absolute Gasteiger partial charge is 0.407 e. The maximum absolute atomic E-state index is 10.8. The van der Waals surface area contributed by atoms with E-state index in [1.54, 1.807) is 0 Å². The molecule has 1 aliphatic heterocycles. The molecule has 1 aliphatic rings. The summed E-state index contributed by atoms with van der Waals surface area (Å²) in [6.07, 6.45) is 2.98. The highest BCUT2D eigenvalue weighted by atomic mass is 79.9. The molecule has 20 heavy (non-hydrogen) atoms. The van der Waals surface area contributed by atoms with Crippen LogP contribution in [0.15, 0.2) is 22.9 Å². The SMILES string of the molecule is CCOc1cc2nc(C3CN(C(=O)O)C3)cn2cc1Br. The summed E-state index contributed by atoms with van der Waals surface area (Å²) in [5.74, 6) is 0.943. The number of imidazole rings is 1. The van der Waals surface area contributed by atoms with Gasteiger partial charge in [-0.05, 0) is 22.9 Å². The van der Waals surface area contributed by atoms with E-state index < -0.39 is 6.09 Å². The molecule has 3 heterocycles. The summed E-state index contributed by atoms with van der Waals surface area (Å²) in [6, 6.07) is 1.88. The number of rotatable bonds is 3. The Labute approximate surface area is 124 Å². The summed E-state index contributed by atoms with van der Waals surface area (Å²) in [5.41, 5.74) is 1.73. The molecule has 3 rings (SSSR count). The standard InChI is InChI=1S/C13H14BrN3O3/c1-2-20-11-3-12-15-10(7-16(12)6-9(11)14)8-4-17(5-8)13(18)19/h3,6-8H,2,4-5H2,1H3,(H,18,19). The van der Waals surface area contributed by atoms with Crippen molar-refractivity contribution in [3.8, 4) is 5.75 Å². The summed E-state index contributed by atoms with van der Waals surface area (Å²) in [7, 11) is 0. The fourth-order valence-corrected chi connectivity index (χ4v) is 2.74. The second-order valence-corrected chi connectivity index (χ2v) is 5.59. The largest absolute Gasteiger partial charge is 0.492 e. The quantitative estimate of drug-likeness (QED) is 0.933. The van der Waals surface area contributed by atoms with Crippen LogP contribution in [0.3, 0.4) is 0 Å². The van der Waals surface area contributed by atoms with Crippen LogP contribution in [0, 0.1) is 0 Å². The molecule has 1 amide bonds. The Bertz CT molecular complexity index is 664. The monoisotopic (exact) mass is 339 g/mol. The van der Waals surface area contributed by atoms with Gasteiger partial charge in [-0.3, -0.25) is 0 Å². The van der Waals surface area contributed by atoms with Gasteiger partial charge in [-0.2, -0.15) is 0 Å². The number of pyridine rings is 1. The highest BCUT2D eigenvalue weighted by Gasteiger charge is 2.33. The number of carboxylic acid groups (broad SMARTS) is 1. The lowest BCUT2D eigenvalue weighted by Crippen LogP contribution is -2.47. The first-order valence-corrected chi connectivity index (χ1v) is 7.16. The van der Waals surface area contributed by atoms with Crippen LogP contribution in [0.25, 0.3) is 5.65 Å². The topological polar surface area (TPSA) is 67.1 Å². The third kappa shape index (κ3) is 2.22. The van der Waals surface area contributed by atoms with E-state index in [0.717, 1.165) is 21.6 Å². The number of hydrogen-bond donors (Lipinski definition) is 1. The minimum absolute atomic E-state index is 0.181. The van der Waals surface area contributed by atoms with E-state index in [9.17, 15) is 4.79 Å². The molecule has 1 fully saturated rings. The van der Waals surface area contributed by atoms with Gasteiger partial charge in [0.2, 0.25) is 0 Å². The van der Waals surface area contributed by atoms with Gasteiger partial charge in [0.25, 0.3) is 0 Å². The van der Waals surface area contributed by atoms with Gasteiger partial charge in [0.15, 0.2) is 0 Å². The predicted molar refractivity (Wildman–Crippen MR) is 76.4 cm³/mol. The summed E-state index contributed by atoms with van der Waals surface area (Å²) < 4.78 is 8.31. The van der Waals surface area contributed by atoms with Crippen molar-refractivity contribution >= 4 is 27.7 Å². The number of hydrogen-bond acceptors (Lipinski definition) is 3. The molecule has 1 N–H and O–H groups in total. The second kappa shape index (κ2) is 4.97. The Balaban J connectivity index is 1.86. The van der Waals surface area contributed by atoms with Crippen molar-refractivity contribution in [2.75, 3.05) is 19.7 Å². The third-order valence-electron chi connectivity index (χ3n) is 3.40. The summed E-state index contributed by atoms with van der Waals surface area (Å²) >= 11 is 3.46. The number of aromatic nitrogens is 2. The summed E-state index contributed by atoms with van der Waals surface area (Å²) in [4.78, 5) is 16.7. The zero-order valence-corrected chi connectivity index (χ0v) is 12.5. The molecule has 1 saturated heterocycles. The van der Waals surface area contributed by atoms with E-state index in [1.165, 1.54) is 4.90 Å². The molecule has 0 radical (unpaired) electrons. The molecule has 0 bridgehead atoms. The average Bonchev–Trinajstić information content (AvgIpc) is 2.69. The number of amides is 1. The average molecular weight is 340 g/mol. The van der Waals surface area contributed by atoms with Gasteiger partial charge in [-0.15, -0.1) is 0 Å². The zero-order valence-electron chi connectivity index (χ0n) is 10.9. The zero-order chi connectivity index (χ0) is 14.3. The van der Waals surface area contributed by atoms with Crippen molar-refractivity contribution in [1.82, 2.24) is 14.3 Å². The van der Waals surface area contributed by atoms with Crippen LogP contribution in [0.1, 0.15) is 18.5 Å². The van der Waals surface area contributed by atoms with Gasteiger partial charge in [0.05, 0.1) is 16.8 Å². The van der Waals surface area contributed by atoms with E-state index in [1.807, 2.05) is 29.8 Å². The van der Waals surface area contributed by atoms with Crippen molar-refractivity contribution < 1.29 is 14.6 Å². The Morgan fingerprint density at radius 3 is 2.95 bits per heavy atom. The van der Waals surface area contributed by atoms with Crippen molar-refractivity contribution in [2.45, 2.75) is 12.8 Å². The van der Waals surface area contributed by atoms with Gasteiger partial charge in [0, 0.05) is 37.5 Å². The molecule has 2 aromatic rings. The molecule has 0 spiro atoms. The van der Waals surface area contributed by atoms with Crippen molar-refractivity contribution in [3.05, 3.63) is 28.6 Å². The molecule has 0 aromatic carbocycles. The lowest BCUT2D eigenvalue weighted by molar-refractivity contribution is 0.104. The molecular weight excluding hydrogens is 326 g/mol. The maximum Gasteiger partial charge on any atom is 0.407 e. The number of carbonyl (C=O) groups is 1. The summed E-state index contributed by atoms with van der Waals surface area (Å²) in [6.45, 7) is 3.55. The second-order valence-electron chi connectivity index (χ2n) is 4.73. The van der Waals surface area contributed by atoms with E-state index >= 15 is 0 Å². The molecule has 0 aliphatic carbocycles. The number of likely N-dealkylation sites (tertiary alicyclic amines) is 1. The first-order chi connectivity index (χ1) is 9.58. The van der Waals surface area contributed by atoms with Crippen LogP contribution in [-0.4, -0.2) is 45.2 Å². The molecule has 0 unspecified atom stereocenters. The van der Waals surface area contributed by atoms with Crippen molar-refractivity contribution in [2.24, 2.45) is 0 Å². The molecule has 6 nitrogen and oxygen atoms in total. The van der Waals surface area contributed by atoms with Crippen LogP contribution in [0.2, 0.25) is 0 Å². The van der Waals surface area contributed by atoms with Crippen molar-refractivity contribution in [3.63, 3.8) is 0 Å². The number of fused-ring (bicyclic) bond motifs is 1. The fourth-order valence-electron chi connectivity index (χ4n) is 2.29. The molecule has 7 heteroatoms. The fraction of sp³-hybridized carbons (Fsp3) is 0.385. The Kier molecular flexibility index (Phi) is 3.29. The molecule has 2 aromatic heterocycles. The minimum atomic E-state index is -0.869. The van der Waals surface area contributed by atoms with Crippen LogP contribution in [-0.2, 0) is 0 Å². The van der Waals surface area contributed by atoms with E-state index in [4.69, 9.17) is 9.84 Å². The van der Waals surface area contributed by atoms with Gasteiger partial charge < -0.3 is 19.1 Å². The third-order valence-corrected chi connectivity index (χ3v) is 3.99. The van der Waals surface area contributed by atoms with Gasteiger partial charge in [-0.1, -0.05) is 0 Å². The highest BCUT2D eigenvalue weighted by molar-refractivity contribution is 9.10. The molecule has 0 saturated carbocycles. The lowest BCUT2D eigenvalue weighted by Gasteiger charge is -2.35. The predicted octanol–water partition coefficient (Wildman–Crippen LogP) is 2.57. The first kappa shape index (κ1) is 13.2. The van der Waals surface area contributed by atoms with Gasteiger partial charge in [0.1, 0.15) is 11.4 Å². The van der Waals surface area contributed by atoms with E-state index in [-0.39, 0.29) is 5.92 Å². The highest BCUT2D eigenvalue weighted by Crippen LogP contribution is 2.30. The molecule has 106 valence electrons. The van der Waals surface area contributed by atoms with Crippen molar-refractivity contribution in [1.29, 1.82) is 0 Å². The van der Waals surface area contributed by atoms with Crippen LogP contribution in [0.4, 0.5) is 4.79 Å². The Hall–Kier alpha value is -1.76. The van der Waals surface area contributed by atoms with Gasteiger partial charge in [-0.25, -0.2) is 9.78 Å². The summed E-state index contributed by atoms with van der Waals surface area (Å²) in [5, 5.41) is 8.85. The van der Waals surface area contributed by atoms with Crippen LogP contribution < -0.4 is 4.74 Å². The van der Waals surface area contributed by atoms with E-state index in [2.05, 4.69) is 20.9 Å². The molecule has 0 atom stereocenters. The van der Waals surface area contributed by atoms with Gasteiger partial charge >= 0.3 is 6.09 Å². The van der Waals surface area contributed by atoms with E-state index in [0.29, 0.717) is 19.7 Å². The number of ether oxygens (including phenoxy) is 1. The first-order valence-electron chi connectivity index (χ1n) is 6.37. The van der Waals surface area contributed by atoms with Crippen LogP contribution >= 0.6 is 15.9 Å². The Morgan fingerprint density at radius 2 is 2.30 bits per heavy atom. The number of nitrogens with zero attached hydrogens (tertiary/aromatic N) is 3. The maximum atomic E-state index is 10.8. The lowest BCUT2D eigenvalue weighted by atomic mass is 9.98. The minimum Gasteiger partial charge on any atom is -0.492 e.